The van der Waals surface area contributed by atoms with E-state index in [1.807, 2.05) is 43.3 Å². The van der Waals surface area contributed by atoms with E-state index in [0.717, 1.165) is 27.7 Å². The first-order chi connectivity index (χ1) is 9.28. The molecule has 0 spiro atoms. The van der Waals surface area contributed by atoms with Gasteiger partial charge in [0.05, 0.1) is 12.1 Å². The van der Waals surface area contributed by atoms with E-state index in [1.54, 1.807) is 6.33 Å². The molecule has 0 aliphatic carbocycles. The summed E-state index contributed by atoms with van der Waals surface area (Å²) in [5.74, 6) is 0. The molecule has 19 heavy (non-hydrogen) atoms. The van der Waals surface area contributed by atoms with Gasteiger partial charge in [-0.15, -0.1) is 0 Å². The third-order valence-electron chi connectivity index (χ3n) is 3.14. The molecule has 1 heterocycles. The van der Waals surface area contributed by atoms with E-state index >= 15 is 0 Å². The molecule has 90 valence electrons. The highest BCUT2D eigenvalue weighted by Gasteiger charge is 2.03. The number of rotatable bonds is 1. The van der Waals surface area contributed by atoms with Crippen molar-refractivity contribution in [3.05, 3.63) is 65.9 Å². The zero-order valence-electron chi connectivity index (χ0n) is 10.5. The lowest BCUT2D eigenvalue weighted by atomic mass is 10.0. The van der Waals surface area contributed by atoms with Gasteiger partial charge in [0.2, 0.25) is 0 Å². The van der Waals surface area contributed by atoms with Crippen molar-refractivity contribution in [3.8, 4) is 11.1 Å². The van der Waals surface area contributed by atoms with Gasteiger partial charge in [-0.05, 0) is 36.2 Å². The van der Waals surface area contributed by atoms with E-state index < -0.39 is 0 Å². The first-order valence-electron chi connectivity index (χ1n) is 5.97. The molecule has 3 heteroatoms. The average molecular weight is 245 g/mol. The molecule has 3 nitrogen and oxygen atoms in total. The molecule has 0 unspecified atom stereocenters. The van der Waals surface area contributed by atoms with Crippen LogP contribution in [0, 0.1) is 13.5 Å². The Morgan fingerprint density at radius 2 is 1.84 bits per heavy atom. The van der Waals surface area contributed by atoms with Crippen LogP contribution in [-0.4, -0.2) is 9.97 Å². The van der Waals surface area contributed by atoms with E-state index in [2.05, 4.69) is 20.9 Å². The summed E-state index contributed by atoms with van der Waals surface area (Å²) < 4.78 is 0. The maximum absolute atomic E-state index is 7.07. The fraction of sp³-hybridized carbons (Fsp3) is 0.0625. The molecule has 0 fully saturated rings. The van der Waals surface area contributed by atoms with Crippen LogP contribution in [0.2, 0.25) is 0 Å². The third kappa shape index (κ3) is 2.04. The quantitative estimate of drug-likeness (QED) is 0.603. The molecule has 0 saturated carbocycles. The van der Waals surface area contributed by atoms with Crippen molar-refractivity contribution >= 4 is 16.6 Å². The first-order valence-corrected chi connectivity index (χ1v) is 5.97. The Morgan fingerprint density at radius 3 is 2.68 bits per heavy atom. The van der Waals surface area contributed by atoms with E-state index in [0.29, 0.717) is 5.69 Å². The van der Waals surface area contributed by atoms with Crippen molar-refractivity contribution in [3.63, 3.8) is 0 Å². The van der Waals surface area contributed by atoms with E-state index in [1.165, 1.54) is 0 Å². The molecule has 3 aromatic rings. The Balaban J connectivity index is 2.20. The number of hydrogen-bond donors (Lipinski definition) is 0. The molecule has 1 aromatic heterocycles. The van der Waals surface area contributed by atoms with E-state index in [9.17, 15) is 0 Å². The molecule has 0 aliphatic rings. The third-order valence-corrected chi connectivity index (χ3v) is 3.14. The van der Waals surface area contributed by atoms with Gasteiger partial charge in [-0.3, -0.25) is 0 Å². The van der Waals surface area contributed by atoms with Crippen LogP contribution in [-0.2, 0) is 0 Å². The van der Waals surface area contributed by atoms with Crippen molar-refractivity contribution < 1.29 is 0 Å². The molecule has 0 atom stereocenters. The molecule has 0 N–H and O–H groups in total. The number of benzene rings is 2. The highest BCUT2D eigenvalue weighted by atomic mass is 14.8. The van der Waals surface area contributed by atoms with Crippen LogP contribution in [0.1, 0.15) is 5.69 Å². The molecule has 2 aromatic carbocycles. The molecule has 3 rings (SSSR count). The minimum absolute atomic E-state index is 0.652. The average Bonchev–Trinajstić information content (AvgIpc) is 2.47. The fourth-order valence-electron chi connectivity index (χ4n) is 2.12. The van der Waals surface area contributed by atoms with Gasteiger partial charge < -0.3 is 0 Å². The standard InChI is InChI=1S/C16H11N3/c1-11-15-9-13(6-7-16(15)19-10-18-11)12-4-3-5-14(8-12)17-2/h3-10H,1H3. The van der Waals surface area contributed by atoms with Crippen LogP contribution in [0.5, 0.6) is 0 Å². The van der Waals surface area contributed by atoms with Crippen molar-refractivity contribution in [2.45, 2.75) is 6.92 Å². The van der Waals surface area contributed by atoms with Gasteiger partial charge in [0.15, 0.2) is 5.69 Å². The van der Waals surface area contributed by atoms with Crippen LogP contribution in [0.3, 0.4) is 0 Å². The normalized spacial score (nSPS) is 10.3. The lowest BCUT2D eigenvalue weighted by Crippen LogP contribution is -1.88. The Hall–Kier alpha value is -2.73. The van der Waals surface area contributed by atoms with E-state index in [-0.39, 0.29) is 0 Å². The summed E-state index contributed by atoms with van der Waals surface area (Å²) in [7, 11) is 0. The maximum atomic E-state index is 7.07. The van der Waals surface area contributed by atoms with Gasteiger partial charge in [0.1, 0.15) is 6.33 Å². The van der Waals surface area contributed by atoms with Crippen LogP contribution < -0.4 is 0 Å². The second-order valence-electron chi connectivity index (χ2n) is 4.35. The monoisotopic (exact) mass is 245 g/mol. The van der Waals surface area contributed by atoms with Gasteiger partial charge in [-0.2, -0.15) is 0 Å². The number of fused-ring (bicyclic) bond motifs is 1. The van der Waals surface area contributed by atoms with Crippen molar-refractivity contribution in [1.29, 1.82) is 0 Å². The lowest BCUT2D eigenvalue weighted by Gasteiger charge is -2.05. The summed E-state index contributed by atoms with van der Waals surface area (Å²) in [6.07, 6.45) is 1.58. The summed E-state index contributed by atoms with van der Waals surface area (Å²) in [6.45, 7) is 9.05. The molecule has 0 radical (unpaired) electrons. The van der Waals surface area contributed by atoms with Gasteiger partial charge in [-0.1, -0.05) is 24.3 Å². The van der Waals surface area contributed by atoms with Gasteiger partial charge >= 0.3 is 0 Å². The summed E-state index contributed by atoms with van der Waals surface area (Å²) in [5, 5.41) is 1.05. The smallest absolute Gasteiger partial charge is 0.187 e. The van der Waals surface area contributed by atoms with Crippen LogP contribution >= 0.6 is 0 Å². The van der Waals surface area contributed by atoms with Gasteiger partial charge in [0.25, 0.3) is 0 Å². The van der Waals surface area contributed by atoms with Gasteiger partial charge in [-0.25, -0.2) is 14.8 Å². The molecule has 0 saturated heterocycles. The minimum atomic E-state index is 0.652. The summed E-state index contributed by atoms with van der Waals surface area (Å²) in [5.41, 5.74) is 4.68. The second-order valence-corrected chi connectivity index (χ2v) is 4.35. The van der Waals surface area contributed by atoms with Crippen LogP contribution in [0.15, 0.2) is 48.8 Å². The Bertz CT molecular complexity index is 800. The van der Waals surface area contributed by atoms with Crippen molar-refractivity contribution in [1.82, 2.24) is 9.97 Å². The Kier molecular flexibility index (Phi) is 2.70. The molecule has 0 aliphatic heterocycles. The van der Waals surface area contributed by atoms with Crippen LogP contribution in [0.25, 0.3) is 26.9 Å². The SMILES string of the molecule is [C-]#[N+]c1cccc(-c2ccc3ncnc(C)c3c2)c1. The minimum Gasteiger partial charge on any atom is -0.241 e. The summed E-state index contributed by atoms with van der Waals surface area (Å²) in [6, 6.07) is 13.7. The Morgan fingerprint density at radius 1 is 1.00 bits per heavy atom. The number of nitrogens with zero attached hydrogens (tertiary/aromatic N) is 3. The molecular formula is C16H11N3. The predicted molar refractivity (Wildman–Crippen MR) is 76.0 cm³/mol. The topological polar surface area (TPSA) is 30.1 Å². The first kappa shape index (κ1) is 11.4. The van der Waals surface area contributed by atoms with E-state index in [4.69, 9.17) is 6.57 Å². The highest BCUT2D eigenvalue weighted by Crippen LogP contribution is 2.27. The number of hydrogen-bond acceptors (Lipinski definition) is 2. The highest BCUT2D eigenvalue weighted by molar-refractivity contribution is 5.86. The molecular weight excluding hydrogens is 234 g/mol. The lowest BCUT2D eigenvalue weighted by molar-refractivity contribution is 1.15. The largest absolute Gasteiger partial charge is 0.241 e. The molecule has 0 bridgehead atoms. The van der Waals surface area contributed by atoms with Crippen LogP contribution in [0.4, 0.5) is 5.69 Å². The molecule has 0 amide bonds. The van der Waals surface area contributed by atoms with Crippen molar-refractivity contribution in [2.75, 3.05) is 0 Å². The Labute approximate surface area is 111 Å². The summed E-state index contributed by atoms with van der Waals surface area (Å²) >= 11 is 0. The number of aryl methyl sites for hydroxylation is 1. The predicted octanol–water partition coefficient (Wildman–Crippen LogP) is 4.16. The number of aromatic nitrogens is 2. The fourth-order valence-corrected chi connectivity index (χ4v) is 2.12. The zero-order chi connectivity index (χ0) is 13.2. The van der Waals surface area contributed by atoms with Crippen molar-refractivity contribution in [2.24, 2.45) is 0 Å². The van der Waals surface area contributed by atoms with Gasteiger partial charge in [0, 0.05) is 11.1 Å². The summed E-state index contributed by atoms with van der Waals surface area (Å²) in [4.78, 5) is 11.9. The maximum Gasteiger partial charge on any atom is 0.187 e. The zero-order valence-corrected chi connectivity index (χ0v) is 10.5. The second kappa shape index (κ2) is 4.51.